The largest absolute Gasteiger partial charge is 0.504 e. The number of hydrogen-bond acceptors (Lipinski definition) is 8. The third-order valence-electron chi connectivity index (χ3n) is 6.61. The van der Waals surface area contributed by atoms with Gasteiger partial charge in [0.2, 0.25) is 0 Å². The van der Waals surface area contributed by atoms with Crippen molar-refractivity contribution in [2.45, 2.75) is 24.3 Å². The number of anilines is 2. The van der Waals surface area contributed by atoms with Gasteiger partial charge in [-0.25, -0.2) is 12.4 Å². The standard InChI is InChI=1S/C27H29N3O6S/c1-16-5-7-19(8-6-16)37(32,33)30-15-18-9-10-28-20-13-21(26(31)25(30)24(18)20)29-14-17-11-22(34-2)27(36-4)23(12-17)35-3/h5-8,11-15,27-29,31H,9-10H2,1-4H3. The molecule has 0 saturated carbocycles. The molecule has 0 unspecified atom stereocenters. The van der Waals surface area contributed by atoms with Crippen LogP contribution < -0.4 is 10.6 Å². The van der Waals surface area contributed by atoms with Crippen LogP contribution in [0, 0.1) is 6.92 Å². The van der Waals surface area contributed by atoms with E-state index in [-0.39, 0.29) is 16.2 Å². The number of benzene rings is 2. The highest BCUT2D eigenvalue weighted by atomic mass is 32.2. The lowest BCUT2D eigenvalue weighted by Gasteiger charge is -2.24. The highest BCUT2D eigenvalue weighted by Crippen LogP contribution is 2.44. The third-order valence-corrected chi connectivity index (χ3v) is 8.29. The van der Waals surface area contributed by atoms with Crippen LogP contribution in [-0.4, -0.2) is 51.5 Å². The minimum atomic E-state index is -3.95. The van der Waals surface area contributed by atoms with E-state index in [0.717, 1.165) is 16.8 Å². The SMILES string of the molecule is COC1=CC(=CNc2cc3c4c(cn(S(=O)(=O)c5ccc(C)cc5)c4c2O)CCN3)C=C(OC)C1OC. The molecular formula is C27H29N3O6S. The Labute approximate surface area is 215 Å². The Balaban J connectivity index is 1.62. The van der Waals surface area contributed by atoms with Gasteiger partial charge in [-0.15, -0.1) is 0 Å². The van der Waals surface area contributed by atoms with Crippen LogP contribution in [0.1, 0.15) is 11.1 Å². The zero-order valence-electron chi connectivity index (χ0n) is 21.0. The van der Waals surface area contributed by atoms with Crippen LogP contribution >= 0.6 is 0 Å². The summed E-state index contributed by atoms with van der Waals surface area (Å²) in [6, 6.07) is 8.45. The van der Waals surface area contributed by atoms with Crippen LogP contribution in [0.4, 0.5) is 11.4 Å². The molecule has 194 valence electrons. The van der Waals surface area contributed by atoms with E-state index in [1.807, 2.05) is 6.92 Å². The molecule has 5 rings (SSSR count). The van der Waals surface area contributed by atoms with Gasteiger partial charge in [0.15, 0.2) is 11.9 Å². The second-order valence-electron chi connectivity index (χ2n) is 8.90. The van der Waals surface area contributed by atoms with Crippen LogP contribution in [0.2, 0.25) is 0 Å². The fraction of sp³-hybridized carbons (Fsp3) is 0.259. The summed E-state index contributed by atoms with van der Waals surface area (Å²) in [6.07, 6.45) is 7.07. The summed E-state index contributed by atoms with van der Waals surface area (Å²) >= 11 is 0. The van der Waals surface area contributed by atoms with Crippen LogP contribution in [0.3, 0.4) is 0 Å². The highest BCUT2D eigenvalue weighted by molar-refractivity contribution is 7.90. The smallest absolute Gasteiger partial charge is 0.268 e. The number of methoxy groups -OCH3 is 3. The number of rotatable bonds is 7. The average molecular weight is 524 g/mol. The van der Waals surface area contributed by atoms with Crippen molar-refractivity contribution < 1.29 is 27.7 Å². The van der Waals surface area contributed by atoms with Crippen molar-refractivity contribution in [3.05, 3.63) is 83.1 Å². The topological polar surface area (TPSA) is 111 Å². The summed E-state index contributed by atoms with van der Waals surface area (Å²) < 4.78 is 44.8. The predicted molar refractivity (Wildman–Crippen MR) is 142 cm³/mol. The number of nitrogens with zero attached hydrogens (tertiary/aromatic N) is 1. The van der Waals surface area contributed by atoms with E-state index in [1.165, 1.54) is 3.97 Å². The molecule has 0 atom stereocenters. The molecule has 0 radical (unpaired) electrons. The first-order valence-corrected chi connectivity index (χ1v) is 13.2. The molecule has 0 bridgehead atoms. The van der Waals surface area contributed by atoms with Crippen LogP contribution in [0.5, 0.6) is 5.75 Å². The zero-order valence-corrected chi connectivity index (χ0v) is 21.8. The van der Waals surface area contributed by atoms with Gasteiger partial charge in [0.25, 0.3) is 10.0 Å². The molecule has 3 N–H and O–H groups in total. The van der Waals surface area contributed by atoms with Crippen molar-refractivity contribution in [1.82, 2.24) is 3.97 Å². The maximum absolute atomic E-state index is 13.6. The normalized spacial score (nSPS) is 17.1. The Morgan fingerprint density at radius 3 is 2.41 bits per heavy atom. The number of allylic oxidation sites excluding steroid dienone is 3. The molecule has 2 aromatic carbocycles. The number of hydrogen-bond donors (Lipinski definition) is 3. The summed E-state index contributed by atoms with van der Waals surface area (Å²) in [4.78, 5) is 0.152. The number of aryl methyl sites for hydroxylation is 1. The number of aromatic nitrogens is 1. The minimum Gasteiger partial charge on any atom is -0.504 e. The first kappa shape index (κ1) is 24.8. The molecule has 3 aromatic rings. The van der Waals surface area contributed by atoms with Gasteiger partial charge in [0, 0.05) is 37.1 Å². The summed E-state index contributed by atoms with van der Waals surface area (Å²) in [6.45, 7) is 2.55. The molecular weight excluding hydrogens is 494 g/mol. The minimum absolute atomic E-state index is 0.152. The predicted octanol–water partition coefficient (Wildman–Crippen LogP) is 4.25. The average Bonchev–Trinajstić information content (AvgIpc) is 3.31. The van der Waals surface area contributed by atoms with Gasteiger partial charge < -0.3 is 30.0 Å². The van der Waals surface area contributed by atoms with Gasteiger partial charge in [-0.1, -0.05) is 17.7 Å². The van der Waals surface area contributed by atoms with Crippen molar-refractivity contribution >= 4 is 32.3 Å². The second kappa shape index (κ2) is 9.53. The van der Waals surface area contributed by atoms with Crippen LogP contribution in [0.25, 0.3) is 10.9 Å². The molecule has 1 aliphatic carbocycles. The molecule has 10 heteroatoms. The Bertz CT molecular complexity index is 1540. The Kier molecular flexibility index (Phi) is 6.38. The summed E-state index contributed by atoms with van der Waals surface area (Å²) in [5.74, 6) is 0.960. The van der Waals surface area contributed by atoms with Crippen molar-refractivity contribution in [2.24, 2.45) is 0 Å². The highest BCUT2D eigenvalue weighted by Gasteiger charge is 2.28. The Hall–Kier alpha value is -3.89. The maximum atomic E-state index is 13.6. The van der Waals surface area contributed by atoms with Crippen molar-refractivity contribution in [3.63, 3.8) is 0 Å². The van der Waals surface area contributed by atoms with Gasteiger partial charge in [0.05, 0.1) is 24.8 Å². The fourth-order valence-electron chi connectivity index (χ4n) is 4.72. The summed E-state index contributed by atoms with van der Waals surface area (Å²) in [5.41, 5.74) is 3.86. The second-order valence-corrected chi connectivity index (χ2v) is 10.7. The molecule has 1 aromatic heterocycles. The molecule has 0 spiro atoms. The fourth-order valence-corrected chi connectivity index (χ4v) is 6.11. The van der Waals surface area contributed by atoms with Crippen LogP contribution in [0.15, 0.2) is 76.9 Å². The molecule has 9 nitrogen and oxygen atoms in total. The number of ether oxygens (including phenoxy) is 3. The lowest BCUT2D eigenvalue weighted by Crippen LogP contribution is -2.22. The van der Waals surface area contributed by atoms with E-state index < -0.39 is 16.1 Å². The number of nitrogens with one attached hydrogen (secondary N) is 2. The van der Waals surface area contributed by atoms with E-state index in [2.05, 4.69) is 10.6 Å². The van der Waals surface area contributed by atoms with Gasteiger partial charge in [-0.3, -0.25) is 0 Å². The molecule has 37 heavy (non-hydrogen) atoms. The van der Waals surface area contributed by atoms with Crippen LogP contribution in [-0.2, 0) is 30.7 Å². The summed E-state index contributed by atoms with van der Waals surface area (Å²) in [7, 11) is 0.728. The van der Waals surface area contributed by atoms with E-state index in [4.69, 9.17) is 14.2 Å². The zero-order chi connectivity index (χ0) is 26.3. The maximum Gasteiger partial charge on any atom is 0.268 e. The lowest BCUT2D eigenvalue weighted by molar-refractivity contribution is 0.0602. The molecule has 0 saturated heterocycles. The van der Waals surface area contributed by atoms with Crippen molar-refractivity contribution in [2.75, 3.05) is 38.5 Å². The third kappa shape index (κ3) is 4.21. The Morgan fingerprint density at radius 2 is 1.78 bits per heavy atom. The quantitative estimate of drug-likeness (QED) is 0.312. The van der Waals surface area contributed by atoms with Crippen molar-refractivity contribution in [3.8, 4) is 5.75 Å². The van der Waals surface area contributed by atoms with E-state index in [1.54, 1.807) is 76.2 Å². The molecule has 0 fully saturated rings. The monoisotopic (exact) mass is 523 g/mol. The molecule has 2 aliphatic rings. The van der Waals surface area contributed by atoms with Gasteiger partial charge in [0.1, 0.15) is 17.0 Å². The number of aromatic hydroxyl groups is 1. The molecule has 1 aliphatic heterocycles. The first-order valence-electron chi connectivity index (χ1n) is 11.7. The van der Waals surface area contributed by atoms with Gasteiger partial charge in [-0.2, -0.15) is 0 Å². The van der Waals surface area contributed by atoms with Gasteiger partial charge in [-0.05, 0) is 54.8 Å². The Morgan fingerprint density at radius 1 is 1.11 bits per heavy atom. The van der Waals surface area contributed by atoms with E-state index in [0.29, 0.717) is 41.1 Å². The van der Waals surface area contributed by atoms with Gasteiger partial charge >= 0.3 is 0 Å². The molecule has 0 amide bonds. The van der Waals surface area contributed by atoms with E-state index in [9.17, 15) is 13.5 Å². The number of phenols is 1. The first-order chi connectivity index (χ1) is 17.8. The van der Waals surface area contributed by atoms with Crippen molar-refractivity contribution in [1.29, 1.82) is 0 Å². The molecule has 2 heterocycles. The summed E-state index contributed by atoms with van der Waals surface area (Å²) in [5, 5.41) is 18.5. The van der Waals surface area contributed by atoms with E-state index >= 15 is 0 Å². The lowest BCUT2D eigenvalue weighted by atomic mass is 10.0. The number of phenolic OH excluding ortho intramolecular Hbond substituents is 1.